The summed E-state index contributed by atoms with van der Waals surface area (Å²) in [6.45, 7) is 3.14. The van der Waals surface area contributed by atoms with E-state index in [2.05, 4.69) is 0 Å². The van der Waals surface area contributed by atoms with E-state index in [-0.39, 0.29) is 23.8 Å². The van der Waals surface area contributed by atoms with Crippen molar-refractivity contribution >= 4 is 21.9 Å². The zero-order valence-corrected chi connectivity index (χ0v) is 15.9. The third-order valence-corrected chi connectivity index (χ3v) is 6.34. The smallest absolute Gasteiger partial charge is 0.323 e. The lowest BCUT2D eigenvalue weighted by Gasteiger charge is -2.20. The Morgan fingerprint density at radius 2 is 1.77 bits per heavy atom. The van der Waals surface area contributed by atoms with E-state index in [9.17, 15) is 18.0 Å². The quantitative estimate of drug-likeness (QED) is 0.702. The Bertz CT molecular complexity index is 724. The number of benzene rings is 1. The Labute approximate surface area is 154 Å². The van der Waals surface area contributed by atoms with Crippen LogP contribution in [-0.4, -0.2) is 60.8 Å². The number of hydrogen-bond donors (Lipinski definition) is 1. The number of sulfonamides is 1. The van der Waals surface area contributed by atoms with Gasteiger partial charge in [0.1, 0.15) is 6.54 Å². The molecule has 0 saturated carbocycles. The molecule has 0 unspecified atom stereocenters. The van der Waals surface area contributed by atoms with Crippen molar-refractivity contribution in [2.24, 2.45) is 0 Å². The third-order valence-electron chi connectivity index (χ3n) is 4.43. The number of rotatable bonds is 9. The van der Waals surface area contributed by atoms with Crippen LogP contribution in [0.2, 0.25) is 0 Å². The first-order chi connectivity index (χ1) is 12.3. The summed E-state index contributed by atoms with van der Waals surface area (Å²) in [6.07, 6.45) is 3.13. The minimum absolute atomic E-state index is 0.200. The SMILES string of the molecule is CCCN(CC(=O)O)C(=O)CCc1ccc(S(=O)(=O)N2CCCC2)cc1. The Kier molecular flexibility index (Phi) is 7.16. The number of carboxylic acids is 1. The second-order valence-electron chi connectivity index (χ2n) is 6.46. The van der Waals surface area contributed by atoms with E-state index in [0.717, 1.165) is 18.4 Å². The van der Waals surface area contributed by atoms with E-state index in [4.69, 9.17) is 5.11 Å². The standard InChI is InChI=1S/C18H26N2O5S/c1-2-11-19(14-18(22)23)17(21)10-7-15-5-8-16(9-6-15)26(24,25)20-12-3-4-13-20/h5-6,8-9H,2-4,7,10-14H2,1H3,(H,22,23). The molecule has 0 radical (unpaired) electrons. The number of hydrogen-bond acceptors (Lipinski definition) is 4. The van der Waals surface area contributed by atoms with Crippen molar-refractivity contribution in [1.29, 1.82) is 0 Å². The van der Waals surface area contributed by atoms with Crippen LogP contribution in [0.15, 0.2) is 29.2 Å². The van der Waals surface area contributed by atoms with Crippen LogP contribution in [0.4, 0.5) is 0 Å². The van der Waals surface area contributed by atoms with Crippen LogP contribution in [-0.2, 0) is 26.0 Å². The van der Waals surface area contributed by atoms with Crippen LogP contribution in [0, 0.1) is 0 Å². The van der Waals surface area contributed by atoms with Gasteiger partial charge in [-0.3, -0.25) is 9.59 Å². The third kappa shape index (κ3) is 5.28. The van der Waals surface area contributed by atoms with Crippen molar-refractivity contribution in [2.75, 3.05) is 26.2 Å². The normalized spacial score (nSPS) is 15.1. The van der Waals surface area contributed by atoms with E-state index >= 15 is 0 Å². The maximum absolute atomic E-state index is 12.5. The lowest BCUT2D eigenvalue weighted by Crippen LogP contribution is -2.36. The molecule has 1 aromatic rings. The van der Waals surface area contributed by atoms with Crippen molar-refractivity contribution in [3.05, 3.63) is 29.8 Å². The second kappa shape index (κ2) is 9.14. The zero-order valence-electron chi connectivity index (χ0n) is 15.1. The molecule has 1 amide bonds. The molecule has 0 bridgehead atoms. The molecule has 2 rings (SSSR count). The molecule has 1 fully saturated rings. The van der Waals surface area contributed by atoms with Gasteiger partial charge in [-0.2, -0.15) is 4.31 Å². The molecule has 7 nitrogen and oxygen atoms in total. The lowest BCUT2D eigenvalue weighted by molar-refractivity contribution is -0.144. The summed E-state index contributed by atoms with van der Waals surface area (Å²) in [4.78, 5) is 24.7. The Hall–Kier alpha value is -1.93. The first-order valence-corrected chi connectivity index (χ1v) is 10.4. The Morgan fingerprint density at radius 1 is 1.15 bits per heavy atom. The molecule has 1 N–H and O–H groups in total. The first-order valence-electron chi connectivity index (χ1n) is 8.93. The number of aliphatic carboxylic acids is 1. The number of amides is 1. The zero-order chi connectivity index (χ0) is 19.2. The summed E-state index contributed by atoms with van der Waals surface area (Å²) in [7, 11) is -3.43. The summed E-state index contributed by atoms with van der Waals surface area (Å²) in [6, 6.07) is 6.60. The fraction of sp³-hybridized carbons (Fsp3) is 0.556. The van der Waals surface area contributed by atoms with Crippen LogP contribution in [0.1, 0.15) is 38.2 Å². The number of nitrogens with zero attached hydrogens (tertiary/aromatic N) is 2. The van der Waals surface area contributed by atoms with E-state index in [1.165, 1.54) is 9.21 Å². The summed E-state index contributed by atoms with van der Waals surface area (Å²) >= 11 is 0. The highest BCUT2D eigenvalue weighted by Crippen LogP contribution is 2.21. The fourth-order valence-electron chi connectivity index (χ4n) is 3.04. The monoisotopic (exact) mass is 382 g/mol. The van der Waals surface area contributed by atoms with E-state index < -0.39 is 16.0 Å². The topological polar surface area (TPSA) is 95.0 Å². The van der Waals surface area contributed by atoms with Crippen LogP contribution in [0.25, 0.3) is 0 Å². The lowest BCUT2D eigenvalue weighted by atomic mass is 10.1. The number of carbonyl (C=O) groups is 2. The summed E-state index contributed by atoms with van der Waals surface area (Å²) in [5.41, 5.74) is 0.852. The van der Waals surface area contributed by atoms with E-state index in [1.54, 1.807) is 24.3 Å². The molecule has 1 aromatic carbocycles. The van der Waals surface area contributed by atoms with Gasteiger partial charge in [-0.05, 0) is 43.4 Å². The minimum atomic E-state index is -3.43. The average molecular weight is 382 g/mol. The molecule has 1 aliphatic heterocycles. The molecule has 0 atom stereocenters. The van der Waals surface area contributed by atoms with Crippen LogP contribution in [0.3, 0.4) is 0 Å². The average Bonchev–Trinajstić information content (AvgIpc) is 3.15. The van der Waals surface area contributed by atoms with Gasteiger partial charge < -0.3 is 10.0 Å². The van der Waals surface area contributed by atoms with Crippen LogP contribution in [0.5, 0.6) is 0 Å². The molecule has 26 heavy (non-hydrogen) atoms. The highest BCUT2D eigenvalue weighted by molar-refractivity contribution is 7.89. The Balaban J connectivity index is 1.96. The van der Waals surface area contributed by atoms with E-state index in [1.807, 2.05) is 6.92 Å². The molecular formula is C18H26N2O5S. The minimum Gasteiger partial charge on any atom is -0.480 e. The Morgan fingerprint density at radius 3 is 2.31 bits per heavy atom. The first kappa shape index (κ1) is 20.4. The van der Waals surface area contributed by atoms with Gasteiger partial charge in [0.25, 0.3) is 0 Å². The highest BCUT2D eigenvalue weighted by atomic mass is 32.2. The van der Waals surface area contributed by atoms with Crippen LogP contribution >= 0.6 is 0 Å². The molecule has 144 valence electrons. The summed E-state index contributed by atoms with van der Waals surface area (Å²) in [5.74, 6) is -1.23. The van der Waals surface area contributed by atoms with Gasteiger partial charge >= 0.3 is 5.97 Å². The highest BCUT2D eigenvalue weighted by Gasteiger charge is 2.26. The number of carbonyl (C=O) groups excluding carboxylic acids is 1. The maximum atomic E-state index is 12.5. The molecule has 0 aromatic heterocycles. The predicted molar refractivity (Wildman–Crippen MR) is 97.3 cm³/mol. The van der Waals surface area contributed by atoms with Crippen molar-refractivity contribution in [2.45, 2.75) is 43.9 Å². The molecule has 8 heteroatoms. The largest absolute Gasteiger partial charge is 0.480 e. The van der Waals surface area contributed by atoms with Gasteiger partial charge in [0.05, 0.1) is 4.90 Å². The van der Waals surface area contributed by atoms with Gasteiger partial charge in [0.2, 0.25) is 15.9 Å². The van der Waals surface area contributed by atoms with Gasteiger partial charge in [0.15, 0.2) is 0 Å². The second-order valence-corrected chi connectivity index (χ2v) is 8.40. The van der Waals surface area contributed by atoms with Gasteiger partial charge in [-0.1, -0.05) is 19.1 Å². The molecule has 1 heterocycles. The molecule has 0 aliphatic carbocycles. The van der Waals surface area contributed by atoms with E-state index in [0.29, 0.717) is 32.5 Å². The van der Waals surface area contributed by atoms with Crippen LogP contribution < -0.4 is 0 Å². The van der Waals surface area contributed by atoms with Crippen molar-refractivity contribution in [3.63, 3.8) is 0 Å². The molecular weight excluding hydrogens is 356 g/mol. The fourth-order valence-corrected chi connectivity index (χ4v) is 4.56. The maximum Gasteiger partial charge on any atom is 0.323 e. The summed E-state index contributed by atoms with van der Waals surface area (Å²) in [5, 5.41) is 8.89. The molecule has 1 aliphatic rings. The van der Waals surface area contributed by atoms with Gasteiger partial charge in [-0.15, -0.1) is 0 Å². The number of carboxylic acid groups (broad SMARTS) is 1. The van der Waals surface area contributed by atoms with Crippen molar-refractivity contribution < 1.29 is 23.1 Å². The predicted octanol–water partition coefficient (Wildman–Crippen LogP) is 1.73. The number of aryl methyl sites for hydroxylation is 1. The molecule has 1 saturated heterocycles. The van der Waals surface area contributed by atoms with Gasteiger partial charge in [-0.25, -0.2) is 8.42 Å². The van der Waals surface area contributed by atoms with Gasteiger partial charge in [0, 0.05) is 26.1 Å². The molecule has 0 spiro atoms. The van der Waals surface area contributed by atoms with Crippen molar-refractivity contribution in [1.82, 2.24) is 9.21 Å². The van der Waals surface area contributed by atoms with Crippen molar-refractivity contribution in [3.8, 4) is 0 Å². The summed E-state index contributed by atoms with van der Waals surface area (Å²) < 4.78 is 26.5.